The minimum Gasteiger partial charge on any atom is -0.394 e. The lowest BCUT2D eigenvalue weighted by Crippen LogP contribution is -2.70. The van der Waals surface area contributed by atoms with E-state index in [1.54, 1.807) is 0 Å². The normalized spacial score (nSPS) is 48.8. The molecule has 9 atom stereocenters. The molecule has 13 heteroatoms. The first kappa shape index (κ1) is 19.2. The first-order valence-corrected chi connectivity index (χ1v) is 7.84. The Balaban J connectivity index is 2.06. The summed E-state index contributed by atoms with van der Waals surface area (Å²) in [7, 11) is 0. The van der Waals surface area contributed by atoms with Gasteiger partial charge >= 0.3 is 6.03 Å². The van der Waals surface area contributed by atoms with Gasteiger partial charge in [0.25, 0.3) is 0 Å². The molecule has 0 radical (unpaired) electrons. The quantitative estimate of drug-likeness (QED) is 0.232. The van der Waals surface area contributed by atoms with Crippen molar-refractivity contribution in [3.8, 4) is 0 Å². The van der Waals surface area contributed by atoms with E-state index in [-0.39, 0.29) is 5.96 Å². The van der Waals surface area contributed by atoms with Crippen molar-refractivity contribution in [3.05, 3.63) is 0 Å². The van der Waals surface area contributed by atoms with E-state index in [2.05, 4.69) is 9.98 Å². The summed E-state index contributed by atoms with van der Waals surface area (Å²) in [5.41, 5.74) is 5.41. The number of hydrogen-bond acceptors (Lipinski definition) is 11. The highest BCUT2D eigenvalue weighted by molar-refractivity contribution is 5.98. The Morgan fingerprint density at radius 3 is 1.77 bits per heavy atom. The van der Waals surface area contributed by atoms with Crippen molar-refractivity contribution in [1.29, 1.82) is 0 Å². The molecule has 26 heavy (non-hydrogen) atoms. The lowest BCUT2D eigenvalue weighted by atomic mass is 10.1. The van der Waals surface area contributed by atoms with Crippen LogP contribution < -0.4 is 5.73 Å². The van der Waals surface area contributed by atoms with Crippen molar-refractivity contribution < 1.29 is 49.4 Å². The van der Waals surface area contributed by atoms with Gasteiger partial charge in [0.05, 0.1) is 13.2 Å². The number of hydrogen-bond donors (Lipinski definition) is 7. The van der Waals surface area contributed by atoms with Gasteiger partial charge in [0.1, 0.15) is 24.4 Å². The van der Waals surface area contributed by atoms with Crippen LogP contribution in [0.1, 0.15) is 0 Å². The zero-order valence-electron chi connectivity index (χ0n) is 13.4. The number of aliphatic imine (C=N–C) groups is 2. The van der Waals surface area contributed by atoms with Crippen molar-refractivity contribution in [2.75, 3.05) is 13.2 Å². The predicted octanol–water partition coefficient (Wildman–Crippen LogP) is -4.84. The number of quaternary nitrogens is 1. The van der Waals surface area contributed by atoms with E-state index >= 15 is 0 Å². The number of nitrogens with two attached hydrogens (primary N) is 1. The summed E-state index contributed by atoms with van der Waals surface area (Å²) in [5, 5.41) is 59.3. The molecular formula is C13H21N4O9+. The molecule has 0 aromatic heterocycles. The van der Waals surface area contributed by atoms with Crippen molar-refractivity contribution in [2.24, 2.45) is 15.7 Å². The summed E-state index contributed by atoms with van der Waals surface area (Å²) >= 11 is 0. The summed E-state index contributed by atoms with van der Waals surface area (Å²) in [6.45, 7) is -1.30. The topological polar surface area (TPSA) is 208 Å². The molecule has 0 spiro atoms. The van der Waals surface area contributed by atoms with Crippen molar-refractivity contribution >= 4 is 18.3 Å². The first-order chi connectivity index (χ1) is 12.3. The Morgan fingerprint density at radius 2 is 1.42 bits per heavy atom. The highest BCUT2D eigenvalue weighted by atomic mass is 16.6. The SMILES string of the molecule is NC1=NC(=O)[N+](C2O[C@H](CO)[C@@H](O)[C@@H]2O)([C@@H]2O[C@H](CO)[C@@H](O)[C@H]2O)C=N1. The molecule has 8 N–H and O–H groups in total. The molecular weight excluding hydrogens is 356 g/mol. The van der Waals surface area contributed by atoms with Crippen molar-refractivity contribution in [2.45, 2.75) is 49.1 Å². The van der Waals surface area contributed by atoms with E-state index in [1.165, 1.54) is 0 Å². The zero-order valence-corrected chi connectivity index (χ0v) is 13.4. The smallest absolute Gasteiger partial charge is 0.394 e. The fraction of sp³-hybridized carbons (Fsp3) is 0.769. The van der Waals surface area contributed by atoms with Gasteiger partial charge < -0.3 is 45.8 Å². The number of rotatable bonds is 4. The van der Waals surface area contributed by atoms with E-state index in [1.807, 2.05) is 0 Å². The predicted molar refractivity (Wildman–Crippen MR) is 81.3 cm³/mol. The van der Waals surface area contributed by atoms with Gasteiger partial charge in [-0.3, -0.25) is 0 Å². The molecule has 0 aromatic rings. The minimum absolute atomic E-state index is 0.387. The number of carbonyl (C=O) groups is 1. The van der Waals surface area contributed by atoms with E-state index in [9.17, 15) is 35.4 Å². The minimum atomic E-state index is -1.68. The lowest BCUT2D eigenvalue weighted by molar-refractivity contribution is -0.864. The average Bonchev–Trinajstić information content (AvgIpc) is 3.07. The van der Waals surface area contributed by atoms with Crippen LogP contribution in [-0.4, -0.2) is 116 Å². The molecule has 3 rings (SSSR count). The third-order valence-electron chi connectivity index (χ3n) is 4.80. The van der Waals surface area contributed by atoms with Gasteiger partial charge in [0.2, 0.25) is 24.8 Å². The number of aliphatic hydroxyl groups excluding tert-OH is 6. The average molecular weight is 377 g/mol. The van der Waals surface area contributed by atoms with Gasteiger partial charge in [0, 0.05) is 0 Å². The Kier molecular flexibility index (Phi) is 5.08. The number of guanidine groups is 1. The van der Waals surface area contributed by atoms with Crippen LogP contribution in [0.5, 0.6) is 0 Å². The second kappa shape index (κ2) is 6.88. The molecule has 0 saturated carbocycles. The number of nitrogens with zero attached hydrogens (tertiary/aromatic N) is 3. The van der Waals surface area contributed by atoms with Crippen LogP contribution in [0.4, 0.5) is 4.79 Å². The molecule has 13 nitrogen and oxygen atoms in total. The third kappa shape index (κ3) is 2.65. The van der Waals surface area contributed by atoms with Crippen LogP contribution in [0.15, 0.2) is 9.98 Å². The van der Waals surface area contributed by atoms with Crippen LogP contribution in [0, 0.1) is 0 Å². The Bertz CT molecular complexity index is 599. The van der Waals surface area contributed by atoms with Gasteiger partial charge in [-0.05, 0) is 0 Å². The van der Waals surface area contributed by atoms with Gasteiger partial charge in [-0.2, -0.15) is 4.99 Å². The van der Waals surface area contributed by atoms with Crippen LogP contribution in [0.25, 0.3) is 0 Å². The highest BCUT2D eigenvalue weighted by Crippen LogP contribution is 2.38. The standard InChI is InChI=1S/C13H20N4O9/c14-12-15-3-17(13(24)16-12,10-8(22)6(20)4(1-18)25-10)11-9(23)7(21)5(2-19)26-11/h3-11,18-23H,1-2H2,(H-,14,16,24)/p+1/t4-,5-,6-,7-,8-,9+,10-,11?,17?/m1/s1. The van der Waals surface area contributed by atoms with Crippen LogP contribution >= 0.6 is 0 Å². The Hall–Kier alpha value is -1.55. The zero-order chi connectivity index (χ0) is 19.2. The summed E-state index contributed by atoms with van der Waals surface area (Å²) in [5.74, 6) is -0.387. The van der Waals surface area contributed by atoms with Crippen LogP contribution in [0.3, 0.4) is 0 Å². The molecule has 0 bridgehead atoms. The van der Waals surface area contributed by atoms with Crippen LogP contribution in [0.2, 0.25) is 0 Å². The maximum absolute atomic E-state index is 12.7. The van der Waals surface area contributed by atoms with Crippen LogP contribution in [-0.2, 0) is 9.47 Å². The molecule has 0 aromatic carbocycles. The maximum Gasteiger partial charge on any atom is 0.456 e. The Morgan fingerprint density at radius 1 is 0.962 bits per heavy atom. The van der Waals surface area contributed by atoms with E-state index in [0.717, 1.165) is 6.34 Å². The monoisotopic (exact) mass is 377 g/mol. The molecule has 146 valence electrons. The molecule has 0 aliphatic carbocycles. The fourth-order valence-electron chi connectivity index (χ4n) is 3.38. The van der Waals surface area contributed by atoms with Crippen molar-refractivity contribution in [3.63, 3.8) is 0 Å². The summed E-state index contributed by atoms with van der Waals surface area (Å²) in [4.78, 5) is 20.0. The van der Waals surface area contributed by atoms with Gasteiger partial charge in [-0.25, -0.2) is 4.79 Å². The maximum atomic E-state index is 12.7. The largest absolute Gasteiger partial charge is 0.456 e. The highest BCUT2D eigenvalue weighted by Gasteiger charge is 2.66. The molecule has 2 amide bonds. The van der Waals surface area contributed by atoms with E-state index in [4.69, 9.17) is 15.2 Å². The molecule has 3 aliphatic rings. The molecule has 3 heterocycles. The second-order valence-corrected chi connectivity index (χ2v) is 6.29. The fourth-order valence-corrected chi connectivity index (χ4v) is 3.38. The number of ether oxygens (including phenoxy) is 2. The van der Waals surface area contributed by atoms with Gasteiger partial charge in [-0.15, -0.1) is 9.48 Å². The van der Waals surface area contributed by atoms with E-state index in [0.29, 0.717) is 0 Å². The van der Waals surface area contributed by atoms with Gasteiger partial charge in [0.15, 0.2) is 12.2 Å². The summed E-state index contributed by atoms with van der Waals surface area (Å²) < 4.78 is 9.65. The Labute approximate surface area is 146 Å². The molecule has 2 saturated heterocycles. The van der Waals surface area contributed by atoms with E-state index < -0.39 is 72.8 Å². The van der Waals surface area contributed by atoms with Crippen molar-refractivity contribution in [1.82, 2.24) is 0 Å². The summed E-state index contributed by atoms with van der Waals surface area (Å²) in [6, 6.07) is -1.04. The third-order valence-corrected chi connectivity index (χ3v) is 4.80. The molecule has 2 unspecified atom stereocenters. The second-order valence-electron chi connectivity index (χ2n) is 6.29. The molecule has 3 aliphatic heterocycles. The number of aliphatic hydroxyl groups is 6. The van der Waals surface area contributed by atoms with Gasteiger partial charge in [-0.1, -0.05) is 0 Å². The number of carbonyl (C=O) groups excluding carboxylic acids is 1. The summed E-state index contributed by atoms with van der Waals surface area (Å²) in [6.07, 6.45) is -11.1. The first-order valence-electron chi connectivity index (χ1n) is 7.84. The number of urea groups is 1. The lowest BCUT2D eigenvalue weighted by Gasteiger charge is -2.40. The number of amides is 2. The molecule has 2 fully saturated rings.